The monoisotopic (exact) mass is 606 g/mol. The summed E-state index contributed by atoms with van der Waals surface area (Å²) in [4.78, 5) is 29.0. The van der Waals surface area contributed by atoms with Gasteiger partial charge in [-0.2, -0.15) is 0 Å². The van der Waals surface area contributed by atoms with E-state index in [9.17, 15) is 14.7 Å². The average molecular weight is 608 g/mol. The van der Waals surface area contributed by atoms with Crippen molar-refractivity contribution in [2.45, 2.75) is 38.6 Å². The van der Waals surface area contributed by atoms with Gasteiger partial charge in [-0.3, -0.25) is 4.79 Å². The largest absolute Gasteiger partial charge is 0.496 e. The highest BCUT2D eigenvalue weighted by atomic mass is 79.9. The molecule has 0 fully saturated rings. The van der Waals surface area contributed by atoms with Crippen molar-refractivity contribution < 1.29 is 28.6 Å². The molecule has 2 N–H and O–H groups in total. The van der Waals surface area contributed by atoms with E-state index in [1.54, 1.807) is 25.3 Å². The van der Waals surface area contributed by atoms with E-state index in [0.717, 1.165) is 28.1 Å². The Balaban J connectivity index is 1.30. The Labute approximate surface area is 241 Å². The molecule has 9 heteroatoms. The van der Waals surface area contributed by atoms with Gasteiger partial charge in [0.15, 0.2) is 0 Å². The first-order chi connectivity index (χ1) is 19.3. The Bertz CT molecular complexity index is 1450. The highest BCUT2D eigenvalue weighted by molar-refractivity contribution is 9.10. The molecule has 1 heterocycles. The molecule has 0 saturated carbocycles. The topological polar surface area (TPSA) is 111 Å². The molecular weight excluding hydrogens is 576 g/mol. The summed E-state index contributed by atoms with van der Waals surface area (Å²) in [5, 5.41) is 12.3. The quantitative estimate of drug-likeness (QED) is 0.198. The number of hydrogen-bond donors (Lipinski definition) is 2. The number of oxazole rings is 1. The predicted octanol–water partition coefficient (Wildman–Crippen LogP) is 5.79. The average Bonchev–Trinajstić information content (AvgIpc) is 3.33. The Morgan fingerprint density at radius 1 is 1.02 bits per heavy atom. The Kier molecular flexibility index (Phi) is 9.96. The second kappa shape index (κ2) is 13.8. The van der Waals surface area contributed by atoms with Crippen molar-refractivity contribution >= 4 is 27.8 Å². The fourth-order valence-corrected chi connectivity index (χ4v) is 4.81. The zero-order valence-corrected chi connectivity index (χ0v) is 23.9. The van der Waals surface area contributed by atoms with Crippen LogP contribution in [-0.4, -0.2) is 41.7 Å². The number of carbonyl (C=O) groups is 2. The number of aryl methyl sites for hydroxylation is 2. The number of carboxylic acids is 1. The molecule has 0 aliphatic heterocycles. The standard InChI is InChI=1S/C31H31BrN2O6/c1-20-25(34-30(40-20)23-9-4-3-5-10-23)16-17-39-28-14-12-21(18-24(28)32)19-26(31(36)37)33-29(35)15-13-22-8-6-7-11-27(22)38-2/h3-12,14,18,26H,13,15-17,19H2,1-2H3,(H,33,35)(H,36,37)/t26-/m0/s1. The van der Waals surface area contributed by atoms with Crippen LogP contribution < -0.4 is 14.8 Å². The first kappa shape index (κ1) is 28.9. The fraction of sp³-hybridized carbons (Fsp3) is 0.258. The van der Waals surface area contributed by atoms with Crippen LogP contribution in [0.2, 0.25) is 0 Å². The molecule has 3 aromatic carbocycles. The number of benzene rings is 3. The second-order valence-electron chi connectivity index (χ2n) is 9.23. The van der Waals surface area contributed by atoms with Crippen molar-refractivity contribution in [3.05, 3.63) is 99.9 Å². The number of carboxylic acid groups (broad SMARTS) is 1. The second-order valence-corrected chi connectivity index (χ2v) is 10.1. The minimum atomic E-state index is -1.10. The number of methoxy groups -OCH3 is 1. The number of ether oxygens (including phenoxy) is 2. The van der Waals surface area contributed by atoms with Crippen LogP contribution in [0.4, 0.5) is 0 Å². The molecular formula is C31H31BrN2O6. The normalized spacial score (nSPS) is 11.6. The minimum absolute atomic E-state index is 0.134. The molecule has 0 spiro atoms. The lowest BCUT2D eigenvalue weighted by molar-refractivity contribution is -0.141. The number of rotatable bonds is 13. The minimum Gasteiger partial charge on any atom is -0.496 e. The number of nitrogens with one attached hydrogen (secondary N) is 1. The van der Waals surface area contributed by atoms with Crippen LogP contribution in [0.1, 0.15) is 29.0 Å². The third kappa shape index (κ3) is 7.72. The van der Waals surface area contributed by atoms with Gasteiger partial charge in [-0.05, 0) is 70.7 Å². The number of hydrogen-bond acceptors (Lipinski definition) is 6. The van der Waals surface area contributed by atoms with E-state index in [0.29, 0.717) is 41.3 Å². The van der Waals surface area contributed by atoms with Gasteiger partial charge in [0.05, 0.1) is 23.9 Å². The van der Waals surface area contributed by atoms with Crippen molar-refractivity contribution in [3.63, 3.8) is 0 Å². The molecule has 0 aliphatic carbocycles. The Hall–Kier alpha value is -4.11. The van der Waals surface area contributed by atoms with E-state index >= 15 is 0 Å². The maximum atomic E-state index is 12.5. The molecule has 8 nitrogen and oxygen atoms in total. The molecule has 4 rings (SSSR count). The van der Waals surface area contributed by atoms with E-state index in [1.165, 1.54) is 0 Å². The number of halogens is 1. The number of para-hydroxylation sites is 1. The van der Waals surface area contributed by atoms with Crippen LogP contribution in [0.25, 0.3) is 11.5 Å². The number of nitrogens with zero attached hydrogens (tertiary/aromatic N) is 1. The third-order valence-corrected chi connectivity index (χ3v) is 7.01. The summed E-state index contributed by atoms with van der Waals surface area (Å²) in [6, 6.07) is 21.5. The summed E-state index contributed by atoms with van der Waals surface area (Å²) < 4.78 is 17.8. The molecule has 0 bridgehead atoms. The molecule has 0 saturated heterocycles. The van der Waals surface area contributed by atoms with Crippen molar-refractivity contribution in [1.82, 2.24) is 10.3 Å². The lowest BCUT2D eigenvalue weighted by atomic mass is 10.0. The lowest BCUT2D eigenvalue weighted by Crippen LogP contribution is -2.42. The van der Waals surface area contributed by atoms with E-state index in [4.69, 9.17) is 13.9 Å². The van der Waals surface area contributed by atoms with Gasteiger partial charge < -0.3 is 24.3 Å². The van der Waals surface area contributed by atoms with E-state index in [2.05, 4.69) is 26.2 Å². The van der Waals surface area contributed by atoms with E-state index in [1.807, 2.05) is 61.5 Å². The molecule has 4 aromatic rings. The van der Waals surface area contributed by atoms with Crippen LogP contribution in [-0.2, 0) is 28.9 Å². The summed E-state index contributed by atoms with van der Waals surface area (Å²) in [5.41, 5.74) is 3.39. The van der Waals surface area contributed by atoms with Gasteiger partial charge in [0.2, 0.25) is 11.8 Å². The molecule has 208 valence electrons. The number of carbonyl (C=O) groups excluding carboxylic acids is 1. The number of aliphatic carboxylic acids is 1. The lowest BCUT2D eigenvalue weighted by Gasteiger charge is -2.16. The predicted molar refractivity (Wildman–Crippen MR) is 155 cm³/mol. The molecule has 1 amide bonds. The summed E-state index contributed by atoms with van der Waals surface area (Å²) in [6.07, 6.45) is 1.30. The SMILES string of the molecule is COc1ccccc1CCC(=O)N[C@@H](Cc1ccc(OCCc2nc(-c3ccccc3)oc2C)c(Br)c1)C(=O)O. The van der Waals surface area contributed by atoms with Crippen molar-refractivity contribution in [3.8, 4) is 23.0 Å². The van der Waals surface area contributed by atoms with Crippen molar-refractivity contribution in [2.75, 3.05) is 13.7 Å². The zero-order valence-electron chi connectivity index (χ0n) is 22.4. The van der Waals surface area contributed by atoms with E-state index in [-0.39, 0.29) is 18.7 Å². The maximum Gasteiger partial charge on any atom is 0.326 e. The molecule has 0 unspecified atom stereocenters. The van der Waals surface area contributed by atoms with Gasteiger partial charge in [0.1, 0.15) is 23.3 Å². The maximum absolute atomic E-state index is 12.5. The van der Waals surface area contributed by atoms with Gasteiger partial charge in [-0.1, -0.05) is 42.5 Å². The smallest absolute Gasteiger partial charge is 0.326 e. The van der Waals surface area contributed by atoms with Gasteiger partial charge in [0.25, 0.3) is 0 Å². The van der Waals surface area contributed by atoms with Crippen LogP contribution in [0.15, 0.2) is 81.7 Å². The zero-order chi connectivity index (χ0) is 28.5. The molecule has 0 aliphatic rings. The van der Waals surface area contributed by atoms with Crippen LogP contribution in [0, 0.1) is 6.92 Å². The number of aromatic nitrogens is 1. The summed E-state index contributed by atoms with van der Waals surface area (Å²) in [5.74, 6) is 1.22. The molecule has 1 aromatic heterocycles. The highest BCUT2D eigenvalue weighted by Gasteiger charge is 2.21. The van der Waals surface area contributed by atoms with Crippen LogP contribution in [0.5, 0.6) is 11.5 Å². The van der Waals surface area contributed by atoms with Gasteiger partial charge in [0, 0.05) is 24.8 Å². The Morgan fingerprint density at radius 2 is 1.77 bits per heavy atom. The molecule has 40 heavy (non-hydrogen) atoms. The highest BCUT2D eigenvalue weighted by Crippen LogP contribution is 2.27. The first-order valence-corrected chi connectivity index (χ1v) is 13.7. The summed E-state index contributed by atoms with van der Waals surface area (Å²) in [6.45, 7) is 2.27. The summed E-state index contributed by atoms with van der Waals surface area (Å²) >= 11 is 3.52. The molecule has 1 atom stereocenters. The Morgan fingerprint density at radius 3 is 2.50 bits per heavy atom. The van der Waals surface area contributed by atoms with Crippen LogP contribution >= 0.6 is 15.9 Å². The summed E-state index contributed by atoms with van der Waals surface area (Å²) in [7, 11) is 1.58. The number of amides is 1. The first-order valence-electron chi connectivity index (χ1n) is 12.9. The van der Waals surface area contributed by atoms with Crippen LogP contribution in [0.3, 0.4) is 0 Å². The van der Waals surface area contributed by atoms with Gasteiger partial charge >= 0.3 is 5.97 Å². The van der Waals surface area contributed by atoms with E-state index < -0.39 is 12.0 Å². The molecule has 0 radical (unpaired) electrons. The third-order valence-electron chi connectivity index (χ3n) is 6.39. The van der Waals surface area contributed by atoms with Gasteiger partial charge in [-0.15, -0.1) is 0 Å². The van der Waals surface area contributed by atoms with Gasteiger partial charge in [-0.25, -0.2) is 9.78 Å². The van der Waals surface area contributed by atoms with Crippen molar-refractivity contribution in [1.29, 1.82) is 0 Å². The van der Waals surface area contributed by atoms with Crippen molar-refractivity contribution in [2.24, 2.45) is 0 Å². The fourth-order valence-electron chi connectivity index (χ4n) is 4.27.